The van der Waals surface area contributed by atoms with Crippen LogP contribution in [-0.4, -0.2) is 45.8 Å². The minimum absolute atomic E-state index is 0.0571. The first kappa shape index (κ1) is 18.5. The molecule has 0 aliphatic carbocycles. The van der Waals surface area contributed by atoms with Gasteiger partial charge in [0, 0.05) is 0 Å². The monoisotopic (exact) mass is 373 g/mol. The topological polar surface area (TPSA) is 64.6 Å². The number of carbonyl (C=O) groups is 2. The Morgan fingerprint density at radius 1 is 1.23 bits per heavy atom. The van der Waals surface area contributed by atoms with Crippen LogP contribution in [0, 0.1) is 6.92 Å². The van der Waals surface area contributed by atoms with Gasteiger partial charge in [-0.25, -0.2) is 0 Å². The number of ether oxygens (including phenoxy) is 2. The Labute approximate surface area is 137 Å². The number of hydrogen-bond donors (Lipinski definition) is 1. The van der Waals surface area contributed by atoms with Crippen LogP contribution in [0.25, 0.3) is 0 Å². The molecule has 0 saturated carbocycles. The Kier molecular flexibility index (Phi) is 6.91. The van der Waals surface area contributed by atoms with Gasteiger partial charge in [0.15, 0.2) is 0 Å². The summed E-state index contributed by atoms with van der Waals surface area (Å²) in [5, 5.41) is 3.10. The van der Waals surface area contributed by atoms with Gasteiger partial charge >= 0.3 is 137 Å². The molecular weight excluding hydrogens is 349 g/mol. The Morgan fingerprint density at radius 2 is 1.82 bits per heavy atom. The zero-order valence-electron chi connectivity index (χ0n) is 13.6. The Balaban J connectivity index is 2.63. The van der Waals surface area contributed by atoms with E-state index in [4.69, 9.17) is 9.47 Å². The van der Waals surface area contributed by atoms with Crippen LogP contribution < -0.4 is 9.78 Å². The number of hydrogen-bond acceptors (Lipinski definition) is 4. The van der Waals surface area contributed by atoms with Gasteiger partial charge in [0.25, 0.3) is 0 Å². The molecule has 22 heavy (non-hydrogen) atoms. The standard InChI is InChI=1S/C16H23NO4Se/c1-11-6-8-12(9-7-11)22-10-13(14(18)20-5)17-15(19)21-16(2,3)4/h6-9,13H,10H2,1-5H3,(H,17,19)/t13-/m0/s1. The number of rotatable bonds is 5. The fourth-order valence-electron chi connectivity index (χ4n) is 1.57. The second-order valence-electron chi connectivity index (χ2n) is 5.85. The van der Waals surface area contributed by atoms with E-state index in [9.17, 15) is 9.59 Å². The maximum atomic E-state index is 11.8. The zero-order chi connectivity index (χ0) is 16.8. The first-order valence-corrected chi connectivity index (χ1v) is 9.05. The van der Waals surface area contributed by atoms with Crippen LogP contribution in [0.2, 0.25) is 5.32 Å². The second kappa shape index (κ2) is 8.20. The van der Waals surface area contributed by atoms with Gasteiger partial charge in [-0.1, -0.05) is 0 Å². The number of alkyl carbamates (subject to hydrolysis) is 1. The molecule has 0 aromatic heterocycles. The molecule has 0 saturated heterocycles. The van der Waals surface area contributed by atoms with Crippen molar-refractivity contribution in [3.05, 3.63) is 29.8 Å². The van der Waals surface area contributed by atoms with E-state index in [0.717, 1.165) is 4.46 Å². The minimum atomic E-state index is -0.693. The Hall–Kier alpha value is -1.52. The van der Waals surface area contributed by atoms with Crippen molar-refractivity contribution in [1.29, 1.82) is 0 Å². The quantitative estimate of drug-likeness (QED) is 0.633. The van der Waals surface area contributed by atoms with Crippen molar-refractivity contribution < 1.29 is 19.1 Å². The van der Waals surface area contributed by atoms with E-state index < -0.39 is 23.7 Å². The van der Waals surface area contributed by atoms with Crippen molar-refractivity contribution in [1.82, 2.24) is 5.32 Å². The van der Waals surface area contributed by atoms with Crippen LogP contribution in [0.5, 0.6) is 0 Å². The molecule has 0 fully saturated rings. The third-order valence-corrected chi connectivity index (χ3v) is 4.93. The normalized spacial score (nSPS) is 12.4. The van der Waals surface area contributed by atoms with Gasteiger partial charge in [-0.2, -0.15) is 0 Å². The summed E-state index contributed by atoms with van der Waals surface area (Å²) < 4.78 is 11.1. The van der Waals surface area contributed by atoms with Crippen LogP contribution in [0.4, 0.5) is 4.79 Å². The molecule has 0 bridgehead atoms. The molecule has 0 radical (unpaired) electrons. The number of aryl methyl sites for hydroxylation is 1. The van der Waals surface area contributed by atoms with Crippen LogP contribution >= 0.6 is 0 Å². The molecule has 1 rings (SSSR count). The van der Waals surface area contributed by atoms with Crippen molar-refractivity contribution >= 4 is 31.5 Å². The summed E-state index contributed by atoms with van der Waals surface area (Å²) in [5.41, 5.74) is 0.586. The number of carbonyl (C=O) groups excluding carboxylic acids is 2. The van der Waals surface area contributed by atoms with Gasteiger partial charge in [-0.3, -0.25) is 0 Å². The molecule has 0 aliphatic heterocycles. The van der Waals surface area contributed by atoms with Crippen molar-refractivity contribution in [3.63, 3.8) is 0 Å². The molecule has 122 valence electrons. The van der Waals surface area contributed by atoms with Gasteiger partial charge in [0.2, 0.25) is 0 Å². The first-order valence-electron chi connectivity index (χ1n) is 6.98. The van der Waals surface area contributed by atoms with Gasteiger partial charge < -0.3 is 0 Å². The molecule has 0 heterocycles. The fourth-order valence-corrected chi connectivity index (χ4v) is 3.48. The molecule has 1 N–H and O–H groups in total. The van der Waals surface area contributed by atoms with E-state index >= 15 is 0 Å². The van der Waals surface area contributed by atoms with E-state index in [1.54, 1.807) is 20.8 Å². The van der Waals surface area contributed by atoms with Crippen LogP contribution in [0.1, 0.15) is 26.3 Å². The maximum absolute atomic E-state index is 11.8. The summed E-state index contributed by atoms with van der Waals surface area (Å²) in [6, 6.07) is 7.45. The SMILES string of the molecule is COC(=O)[C@H](C[Se]c1ccc(C)cc1)NC(=O)OC(C)(C)C. The fraction of sp³-hybridized carbons (Fsp3) is 0.500. The summed E-state index contributed by atoms with van der Waals surface area (Å²) >= 11 is 0.0571. The number of methoxy groups -OCH3 is 1. The van der Waals surface area contributed by atoms with Gasteiger partial charge in [-0.15, -0.1) is 0 Å². The molecule has 1 aromatic rings. The molecular formula is C16H23NO4Se. The Bertz CT molecular complexity index is 508. The van der Waals surface area contributed by atoms with E-state index in [1.165, 1.54) is 12.7 Å². The molecule has 1 atom stereocenters. The number of amides is 1. The van der Waals surface area contributed by atoms with Gasteiger partial charge in [0.05, 0.1) is 0 Å². The van der Waals surface area contributed by atoms with E-state index in [2.05, 4.69) is 5.32 Å². The molecule has 1 aromatic carbocycles. The van der Waals surface area contributed by atoms with Gasteiger partial charge in [0.1, 0.15) is 0 Å². The summed E-state index contributed by atoms with van der Waals surface area (Å²) in [6.45, 7) is 7.35. The molecule has 0 spiro atoms. The van der Waals surface area contributed by atoms with E-state index in [0.29, 0.717) is 5.32 Å². The van der Waals surface area contributed by atoms with E-state index in [-0.39, 0.29) is 15.0 Å². The molecule has 0 aliphatic rings. The van der Waals surface area contributed by atoms with Crippen LogP contribution in [0.15, 0.2) is 24.3 Å². The predicted molar refractivity (Wildman–Crippen MR) is 86.5 cm³/mol. The van der Waals surface area contributed by atoms with Crippen molar-refractivity contribution in [2.24, 2.45) is 0 Å². The molecule has 0 unspecified atom stereocenters. The number of esters is 1. The van der Waals surface area contributed by atoms with Gasteiger partial charge in [-0.05, 0) is 0 Å². The third-order valence-electron chi connectivity index (χ3n) is 2.61. The van der Waals surface area contributed by atoms with Crippen molar-refractivity contribution in [2.75, 3.05) is 7.11 Å². The van der Waals surface area contributed by atoms with Crippen molar-refractivity contribution in [3.8, 4) is 0 Å². The molecule has 5 nitrogen and oxygen atoms in total. The average molecular weight is 372 g/mol. The van der Waals surface area contributed by atoms with Crippen LogP contribution in [0.3, 0.4) is 0 Å². The summed E-state index contributed by atoms with van der Waals surface area (Å²) in [4.78, 5) is 23.6. The first-order chi connectivity index (χ1) is 10.2. The summed E-state index contributed by atoms with van der Waals surface area (Å²) in [6.07, 6.45) is -0.609. The summed E-state index contributed by atoms with van der Waals surface area (Å²) in [5.74, 6) is -0.458. The summed E-state index contributed by atoms with van der Waals surface area (Å²) in [7, 11) is 1.31. The second-order valence-corrected chi connectivity index (χ2v) is 8.14. The predicted octanol–water partition coefficient (Wildman–Crippen LogP) is 1.81. The number of nitrogens with one attached hydrogen (secondary N) is 1. The van der Waals surface area contributed by atoms with Crippen LogP contribution in [-0.2, 0) is 14.3 Å². The Morgan fingerprint density at radius 3 is 2.32 bits per heavy atom. The zero-order valence-corrected chi connectivity index (χ0v) is 15.3. The number of benzene rings is 1. The van der Waals surface area contributed by atoms with E-state index in [1.807, 2.05) is 31.2 Å². The third kappa shape index (κ3) is 6.96. The average Bonchev–Trinajstić information content (AvgIpc) is 2.42. The van der Waals surface area contributed by atoms with Crippen molar-refractivity contribution in [2.45, 2.75) is 44.7 Å². The molecule has 1 amide bonds. The molecule has 6 heteroatoms.